The monoisotopic (exact) mass is 357 g/mol. The molecule has 0 radical (unpaired) electrons. The predicted octanol–water partition coefficient (Wildman–Crippen LogP) is 3.85. The Bertz CT molecular complexity index is 837. The molecule has 0 fully saturated rings. The van der Waals surface area contributed by atoms with Gasteiger partial charge in [0.2, 0.25) is 0 Å². The molecule has 0 aliphatic heterocycles. The molecule has 0 unspecified atom stereocenters. The number of hydrogen-bond donors (Lipinski definition) is 0. The van der Waals surface area contributed by atoms with E-state index in [9.17, 15) is 4.79 Å². The average Bonchev–Trinajstić information content (AvgIpc) is 3.27. The number of rotatable bonds is 9. The minimum Gasteiger partial charge on any atom is -0.468 e. The van der Waals surface area contributed by atoms with E-state index in [1.165, 1.54) is 0 Å². The molecule has 1 aromatic carbocycles. The average molecular weight is 357 g/mol. The summed E-state index contributed by atoms with van der Waals surface area (Å²) in [6, 6.07) is 11.3. The molecule has 0 spiro atoms. The molecule has 0 amide bonds. The van der Waals surface area contributed by atoms with Gasteiger partial charge in [0.15, 0.2) is 0 Å². The molecule has 138 valence electrons. The standard InChI is InChI=1S/C20H23NO5/c1-3-24-20(22)19-16-8-4-5-9-17(16)26-18(19)14-21(10-12-23-2)13-15-7-6-11-25-15/h4-9,11H,3,10,12-14H2,1-2H3. The highest BCUT2D eigenvalue weighted by atomic mass is 16.5. The number of carbonyl (C=O) groups is 1. The maximum Gasteiger partial charge on any atom is 0.342 e. The number of esters is 1. The van der Waals surface area contributed by atoms with Crippen molar-refractivity contribution in [1.82, 2.24) is 4.90 Å². The maximum atomic E-state index is 12.5. The number of nitrogens with zero attached hydrogens (tertiary/aromatic N) is 1. The first-order valence-corrected chi connectivity index (χ1v) is 8.64. The third-order valence-electron chi connectivity index (χ3n) is 4.09. The Morgan fingerprint density at radius 2 is 2.00 bits per heavy atom. The zero-order valence-electron chi connectivity index (χ0n) is 15.1. The summed E-state index contributed by atoms with van der Waals surface area (Å²) in [5, 5.41) is 0.769. The van der Waals surface area contributed by atoms with Crippen LogP contribution in [0.4, 0.5) is 0 Å². The van der Waals surface area contributed by atoms with E-state index < -0.39 is 0 Å². The fraction of sp³-hybridized carbons (Fsp3) is 0.350. The molecular weight excluding hydrogens is 334 g/mol. The Hall–Kier alpha value is -2.57. The Kier molecular flexibility index (Phi) is 6.09. The quantitative estimate of drug-likeness (QED) is 0.542. The lowest BCUT2D eigenvalue weighted by Gasteiger charge is -2.20. The Morgan fingerprint density at radius 3 is 2.73 bits per heavy atom. The van der Waals surface area contributed by atoms with Crippen molar-refractivity contribution in [2.24, 2.45) is 0 Å². The van der Waals surface area contributed by atoms with Crippen molar-refractivity contribution >= 4 is 16.9 Å². The summed E-state index contributed by atoms with van der Waals surface area (Å²) < 4.78 is 21.9. The molecule has 6 heteroatoms. The summed E-state index contributed by atoms with van der Waals surface area (Å²) in [7, 11) is 1.66. The Morgan fingerprint density at radius 1 is 1.15 bits per heavy atom. The second-order valence-electron chi connectivity index (χ2n) is 5.90. The lowest BCUT2D eigenvalue weighted by atomic mass is 10.1. The Balaban J connectivity index is 1.91. The van der Waals surface area contributed by atoms with E-state index in [1.54, 1.807) is 20.3 Å². The summed E-state index contributed by atoms with van der Waals surface area (Å²) in [6.45, 7) is 4.40. The highest BCUT2D eigenvalue weighted by Crippen LogP contribution is 2.28. The molecule has 2 heterocycles. The molecule has 0 aliphatic carbocycles. The molecule has 3 aromatic rings. The molecule has 0 saturated heterocycles. The molecule has 0 saturated carbocycles. The topological polar surface area (TPSA) is 65.0 Å². The van der Waals surface area contributed by atoms with Crippen molar-refractivity contribution < 1.29 is 23.1 Å². The highest BCUT2D eigenvalue weighted by Gasteiger charge is 2.23. The number of furan rings is 2. The van der Waals surface area contributed by atoms with Gasteiger partial charge in [-0.1, -0.05) is 18.2 Å². The van der Waals surface area contributed by atoms with Crippen molar-refractivity contribution in [2.75, 3.05) is 26.9 Å². The van der Waals surface area contributed by atoms with E-state index >= 15 is 0 Å². The first-order valence-electron chi connectivity index (χ1n) is 8.64. The fourth-order valence-corrected chi connectivity index (χ4v) is 2.89. The van der Waals surface area contributed by atoms with Crippen LogP contribution in [0.25, 0.3) is 11.0 Å². The van der Waals surface area contributed by atoms with Crippen molar-refractivity contribution in [3.63, 3.8) is 0 Å². The number of ether oxygens (including phenoxy) is 2. The van der Waals surface area contributed by atoms with Gasteiger partial charge in [-0.15, -0.1) is 0 Å². The number of carbonyl (C=O) groups excluding carboxylic acids is 1. The van der Waals surface area contributed by atoms with Gasteiger partial charge in [-0.25, -0.2) is 4.79 Å². The number of methoxy groups -OCH3 is 1. The van der Waals surface area contributed by atoms with Crippen LogP contribution in [0.1, 0.15) is 28.8 Å². The van der Waals surface area contributed by atoms with Gasteiger partial charge >= 0.3 is 5.97 Å². The first-order chi connectivity index (χ1) is 12.7. The van der Waals surface area contributed by atoms with Crippen LogP contribution in [0.5, 0.6) is 0 Å². The first kappa shape index (κ1) is 18.2. The molecule has 0 atom stereocenters. The predicted molar refractivity (Wildman–Crippen MR) is 96.9 cm³/mol. The van der Waals surface area contributed by atoms with Crippen molar-refractivity contribution in [2.45, 2.75) is 20.0 Å². The number of fused-ring (bicyclic) bond motifs is 1. The lowest BCUT2D eigenvalue weighted by molar-refractivity contribution is 0.0523. The molecule has 26 heavy (non-hydrogen) atoms. The molecule has 6 nitrogen and oxygen atoms in total. The summed E-state index contributed by atoms with van der Waals surface area (Å²) >= 11 is 0. The zero-order chi connectivity index (χ0) is 18.4. The van der Waals surface area contributed by atoms with E-state index in [-0.39, 0.29) is 5.97 Å². The summed E-state index contributed by atoms with van der Waals surface area (Å²) in [6.07, 6.45) is 1.65. The van der Waals surface area contributed by atoms with Gasteiger partial charge in [-0.2, -0.15) is 0 Å². The van der Waals surface area contributed by atoms with Crippen LogP contribution in [0, 0.1) is 0 Å². The molecule has 0 bridgehead atoms. The van der Waals surface area contributed by atoms with Crippen LogP contribution < -0.4 is 0 Å². The van der Waals surface area contributed by atoms with E-state index in [0.29, 0.717) is 49.8 Å². The van der Waals surface area contributed by atoms with Crippen LogP contribution >= 0.6 is 0 Å². The fourth-order valence-electron chi connectivity index (χ4n) is 2.89. The van der Waals surface area contributed by atoms with Gasteiger partial charge in [0.05, 0.1) is 32.6 Å². The van der Waals surface area contributed by atoms with E-state index in [2.05, 4.69) is 4.90 Å². The van der Waals surface area contributed by atoms with Crippen molar-refractivity contribution in [1.29, 1.82) is 0 Å². The third-order valence-corrected chi connectivity index (χ3v) is 4.09. The molecule has 3 rings (SSSR count). The number of hydrogen-bond acceptors (Lipinski definition) is 6. The van der Waals surface area contributed by atoms with Crippen LogP contribution in [0.2, 0.25) is 0 Å². The SMILES string of the molecule is CCOC(=O)c1c(CN(CCOC)Cc2ccco2)oc2ccccc12. The van der Waals surface area contributed by atoms with E-state index in [0.717, 1.165) is 11.1 Å². The maximum absolute atomic E-state index is 12.5. The number of benzene rings is 1. The van der Waals surface area contributed by atoms with Crippen LogP contribution in [0.3, 0.4) is 0 Å². The Labute approximate surface area is 152 Å². The van der Waals surface area contributed by atoms with Crippen LogP contribution in [-0.4, -0.2) is 37.7 Å². The van der Waals surface area contributed by atoms with Crippen LogP contribution in [-0.2, 0) is 22.6 Å². The summed E-state index contributed by atoms with van der Waals surface area (Å²) in [5.74, 6) is 1.07. The van der Waals surface area contributed by atoms with Gasteiger partial charge < -0.3 is 18.3 Å². The molecule has 0 aliphatic rings. The van der Waals surface area contributed by atoms with E-state index in [1.807, 2.05) is 36.4 Å². The normalized spacial score (nSPS) is 11.3. The number of para-hydroxylation sites is 1. The molecule has 0 N–H and O–H groups in total. The van der Waals surface area contributed by atoms with Crippen LogP contribution in [0.15, 0.2) is 51.5 Å². The minimum atomic E-state index is -0.364. The summed E-state index contributed by atoms with van der Waals surface area (Å²) in [4.78, 5) is 14.6. The van der Waals surface area contributed by atoms with Gasteiger partial charge in [0, 0.05) is 19.0 Å². The van der Waals surface area contributed by atoms with Crippen molar-refractivity contribution in [3.05, 3.63) is 59.7 Å². The lowest BCUT2D eigenvalue weighted by Crippen LogP contribution is -2.27. The third kappa shape index (κ3) is 4.15. The van der Waals surface area contributed by atoms with Gasteiger partial charge in [-0.05, 0) is 25.1 Å². The second-order valence-corrected chi connectivity index (χ2v) is 5.90. The zero-order valence-corrected chi connectivity index (χ0v) is 15.1. The largest absolute Gasteiger partial charge is 0.468 e. The minimum absolute atomic E-state index is 0.317. The second kappa shape index (κ2) is 8.69. The van der Waals surface area contributed by atoms with Gasteiger partial charge in [-0.3, -0.25) is 4.90 Å². The van der Waals surface area contributed by atoms with Gasteiger partial charge in [0.25, 0.3) is 0 Å². The van der Waals surface area contributed by atoms with Crippen molar-refractivity contribution in [3.8, 4) is 0 Å². The van der Waals surface area contributed by atoms with Gasteiger partial charge in [0.1, 0.15) is 22.7 Å². The highest BCUT2D eigenvalue weighted by molar-refractivity contribution is 6.04. The summed E-state index contributed by atoms with van der Waals surface area (Å²) in [5.41, 5.74) is 1.17. The molecular formula is C20H23NO5. The smallest absolute Gasteiger partial charge is 0.342 e. The molecule has 2 aromatic heterocycles. The van der Waals surface area contributed by atoms with E-state index in [4.69, 9.17) is 18.3 Å².